The third-order valence-electron chi connectivity index (χ3n) is 5.34. The van der Waals surface area contributed by atoms with Gasteiger partial charge in [0.15, 0.2) is 0 Å². The fourth-order valence-electron chi connectivity index (χ4n) is 3.59. The lowest BCUT2D eigenvalue weighted by atomic mass is 9.78. The molecular formula is C24H20ClFN2O3. The maximum Gasteiger partial charge on any atom is 0.255 e. The summed E-state index contributed by atoms with van der Waals surface area (Å²) in [5, 5.41) is 6.17. The van der Waals surface area contributed by atoms with E-state index in [0.29, 0.717) is 35.0 Å². The van der Waals surface area contributed by atoms with Crippen LogP contribution in [0.25, 0.3) is 0 Å². The van der Waals surface area contributed by atoms with E-state index in [4.69, 9.17) is 16.3 Å². The van der Waals surface area contributed by atoms with E-state index in [1.165, 1.54) is 24.3 Å². The number of ether oxygens (including phenoxy) is 1. The van der Waals surface area contributed by atoms with Crippen LogP contribution in [0.15, 0.2) is 72.8 Å². The molecule has 0 aliphatic carbocycles. The molecule has 3 aromatic carbocycles. The Kier molecular flexibility index (Phi) is 6.02. The summed E-state index contributed by atoms with van der Waals surface area (Å²) in [6, 6.07) is 19.4. The molecule has 2 N–H and O–H groups in total. The summed E-state index contributed by atoms with van der Waals surface area (Å²) in [6.45, 7) is 0.707. The molecule has 3 aromatic rings. The number of hydrogen-bond acceptors (Lipinski definition) is 3. The molecule has 1 atom stereocenters. The molecule has 0 spiro atoms. The van der Waals surface area contributed by atoms with Crippen molar-refractivity contribution >= 4 is 34.8 Å². The number of carbonyl (C=O) groups is 2. The van der Waals surface area contributed by atoms with Gasteiger partial charge in [0.1, 0.15) is 5.82 Å². The van der Waals surface area contributed by atoms with Crippen LogP contribution in [0, 0.1) is 5.82 Å². The summed E-state index contributed by atoms with van der Waals surface area (Å²) < 4.78 is 18.7. The molecular weight excluding hydrogens is 419 g/mol. The number of benzene rings is 3. The topological polar surface area (TPSA) is 67.4 Å². The van der Waals surface area contributed by atoms with E-state index < -0.39 is 5.41 Å². The molecule has 1 aliphatic rings. The van der Waals surface area contributed by atoms with Crippen molar-refractivity contribution in [1.82, 2.24) is 0 Å². The van der Waals surface area contributed by atoms with E-state index in [9.17, 15) is 14.0 Å². The van der Waals surface area contributed by atoms with Gasteiger partial charge >= 0.3 is 0 Å². The van der Waals surface area contributed by atoms with Gasteiger partial charge in [0.05, 0.1) is 12.0 Å². The molecule has 0 aromatic heterocycles. The molecule has 0 unspecified atom stereocenters. The summed E-state index contributed by atoms with van der Waals surface area (Å²) in [4.78, 5) is 25.6. The van der Waals surface area contributed by atoms with Gasteiger partial charge in [0.2, 0.25) is 5.91 Å². The van der Waals surface area contributed by atoms with Crippen LogP contribution in [0.1, 0.15) is 22.3 Å². The van der Waals surface area contributed by atoms with E-state index >= 15 is 0 Å². The van der Waals surface area contributed by atoms with Crippen LogP contribution in [0.5, 0.6) is 0 Å². The Balaban J connectivity index is 1.51. The fraction of sp³-hybridized carbons (Fsp3) is 0.167. The van der Waals surface area contributed by atoms with E-state index in [0.717, 1.165) is 5.56 Å². The predicted molar refractivity (Wildman–Crippen MR) is 118 cm³/mol. The van der Waals surface area contributed by atoms with Crippen molar-refractivity contribution in [2.75, 3.05) is 23.8 Å². The fourth-order valence-corrected chi connectivity index (χ4v) is 3.78. The van der Waals surface area contributed by atoms with E-state index in [2.05, 4.69) is 10.6 Å². The smallest absolute Gasteiger partial charge is 0.255 e. The van der Waals surface area contributed by atoms with Gasteiger partial charge in [-0.3, -0.25) is 9.59 Å². The number of amides is 2. The maximum absolute atomic E-state index is 13.2. The highest BCUT2D eigenvalue weighted by atomic mass is 35.5. The van der Waals surface area contributed by atoms with Crippen molar-refractivity contribution in [1.29, 1.82) is 0 Å². The second-order valence-electron chi connectivity index (χ2n) is 7.39. The first-order valence-corrected chi connectivity index (χ1v) is 10.2. The van der Waals surface area contributed by atoms with Crippen LogP contribution in [0.3, 0.4) is 0 Å². The Bertz CT molecular complexity index is 1090. The summed E-state index contributed by atoms with van der Waals surface area (Å²) in [6.07, 6.45) is 0.522. The van der Waals surface area contributed by atoms with E-state index in [1.807, 2.05) is 12.1 Å². The van der Waals surface area contributed by atoms with Crippen molar-refractivity contribution in [3.63, 3.8) is 0 Å². The van der Waals surface area contributed by atoms with Crippen LogP contribution in [-0.2, 0) is 14.9 Å². The maximum atomic E-state index is 13.2. The Labute approximate surface area is 184 Å². The lowest BCUT2D eigenvalue weighted by Gasteiger charge is -2.27. The van der Waals surface area contributed by atoms with Gasteiger partial charge in [-0.15, -0.1) is 0 Å². The number of nitrogens with one attached hydrogen (secondary N) is 2. The first-order chi connectivity index (χ1) is 15.0. The Morgan fingerprint density at radius 1 is 0.935 bits per heavy atom. The standard InChI is InChI=1S/C24H20ClFN2O3/c25-18-3-1-2-16(14-18)22(29)27-20-8-4-17(5-9-20)24(12-13-31-15-24)23(30)28-21-10-6-19(26)7-11-21/h1-11,14H,12-13,15H2,(H,27,29)(H,28,30)/t24-/m1/s1. The molecule has 1 saturated heterocycles. The molecule has 4 rings (SSSR count). The van der Waals surface area contributed by atoms with Crippen LogP contribution in [-0.4, -0.2) is 25.0 Å². The van der Waals surface area contributed by atoms with Gasteiger partial charge in [-0.25, -0.2) is 4.39 Å². The molecule has 7 heteroatoms. The molecule has 1 fully saturated rings. The minimum absolute atomic E-state index is 0.215. The van der Waals surface area contributed by atoms with Gasteiger partial charge in [-0.1, -0.05) is 29.8 Å². The predicted octanol–water partition coefficient (Wildman–Crippen LogP) is 5.03. The lowest BCUT2D eigenvalue weighted by Crippen LogP contribution is -2.41. The quantitative estimate of drug-likeness (QED) is 0.587. The normalized spacial score (nSPS) is 17.9. The highest BCUT2D eigenvalue weighted by Gasteiger charge is 2.44. The zero-order chi connectivity index (χ0) is 21.8. The average Bonchev–Trinajstić information content (AvgIpc) is 3.27. The van der Waals surface area contributed by atoms with Crippen molar-refractivity contribution in [2.45, 2.75) is 11.8 Å². The summed E-state index contributed by atoms with van der Waals surface area (Å²) in [5.41, 5.74) is 1.50. The minimum atomic E-state index is -0.857. The molecule has 0 saturated carbocycles. The summed E-state index contributed by atoms with van der Waals surface area (Å²) in [7, 11) is 0. The number of carbonyl (C=O) groups excluding carboxylic acids is 2. The van der Waals surface area contributed by atoms with Gasteiger partial charge in [0, 0.05) is 28.6 Å². The molecule has 31 heavy (non-hydrogen) atoms. The first kappa shape index (κ1) is 21.0. The SMILES string of the molecule is O=C(Nc1ccc([C@@]2(C(=O)Nc3ccc(F)cc3)CCOC2)cc1)c1cccc(Cl)c1. The van der Waals surface area contributed by atoms with Crippen molar-refractivity contribution < 1.29 is 18.7 Å². The summed E-state index contributed by atoms with van der Waals surface area (Å²) in [5.74, 6) is -0.858. The van der Waals surface area contributed by atoms with E-state index in [-0.39, 0.29) is 24.2 Å². The molecule has 0 radical (unpaired) electrons. The highest BCUT2D eigenvalue weighted by Crippen LogP contribution is 2.35. The number of halogens is 2. The van der Waals surface area contributed by atoms with Gasteiger partial charge in [-0.05, 0) is 66.6 Å². The monoisotopic (exact) mass is 438 g/mol. The Hall–Kier alpha value is -3.22. The highest BCUT2D eigenvalue weighted by molar-refractivity contribution is 6.31. The molecule has 1 heterocycles. The average molecular weight is 439 g/mol. The number of rotatable bonds is 5. The zero-order valence-corrected chi connectivity index (χ0v) is 17.3. The Morgan fingerprint density at radius 3 is 2.26 bits per heavy atom. The van der Waals surface area contributed by atoms with Crippen molar-refractivity contribution in [3.05, 3.63) is 94.8 Å². The van der Waals surface area contributed by atoms with Crippen molar-refractivity contribution in [2.24, 2.45) is 0 Å². The first-order valence-electron chi connectivity index (χ1n) is 9.78. The van der Waals surface area contributed by atoms with Crippen LogP contribution < -0.4 is 10.6 Å². The zero-order valence-electron chi connectivity index (χ0n) is 16.5. The molecule has 5 nitrogen and oxygen atoms in total. The van der Waals surface area contributed by atoms with Gasteiger partial charge in [0.25, 0.3) is 5.91 Å². The van der Waals surface area contributed by atoms with Crippen molar-refractivity contribution in [3.8, 4) is 0 Å². The van der Waals surface area contributed by atoms with Crippen LogP contribution in [0.4, 0.5) is 15.8 Å². The minimum Gasteiger partial charge on any atom is -0.380 e. The van der Waals surface area contributed by atoms with Crippen LogP contribution in [0.2, 0.25) is 5.02 Å². The largest absolute Gasteiger partial charge is 0.380 e. The molecule has 2 amide bonds. The van der Waals surface area contributed by atoms with Crippen LogP contribution >= 0.6 is 11.6 Å². The second-order valence-corrected chi connectivity index (χ2v) is 7.82. The second kappa shape index (κ2) is 8.88. The third kappa shape index (κ3) is 4.60. The lowest BCUT2D eigenvalue weighted by molar-refractivity contribution is -0.121. The van der Waals surface area contributed by atoms with Gasteiger partial charge < -0.3 is 15.4 Å². The number of anilines is 2. The molecule has 158 valence electrons. The Morgan fingerprint density at radius 2 is 1.61 bits per heavy atom. The summed E-state index contributed by atoms with van der Waals surface area (Å²) >= 11 is 5.95. The molecule has 0 bridgehead atoms. The molecule has 1 aliphatic heterocycles. The third-order valence-corrected chi connectivity index (χ3v) is 5.58. The number of hydrogen-bond donors (Lipinski definition) is 2. The van der Waals surface area contributed by atoms with Gasteiger partial charge in [-0.2, -0.15) is 0 Å². The van der Waals surface area contributed by atoms with E-state index in [1.54, 1.807) is 36.4 Å².